The van der Waals surface area contributed by atoms with Crippen molar-refractivity contribution in [3.05, 3.63) is 70.8 Å². The van der Waals surface area contributed by atoms with Gasteiger partial charge in [0.25, 0.3) is 0 Å². The van der Waals surface area contributed by atoms with Crippen LogP contribution in [0.3, 0.4) is 0 Å². The Morgan fingerprint density at radius 1 is 1.03 bits per heavy atom. The van der Waals surface area contributed by atoms with E-state index in [1.807, 2.05) is 0 Å². The van der Waals surface area contributed by atoms with Crippen LogP contribution in [0, 0.1) is 17.6 Å². The molecular weight excluding hydrogens is 446 g/mol. The number of carbonyl (C=O) groups excluding carboxylic acids is 1. The third-order valence-electron chi connectivity index (χ3n) is 7.08. The normalized spacial score (nSPS) is 17.2. The first-order valence-electron chi connectivity index (χ1n) is 12.9. The molecule has 2 aromatic carbocycles. The lowest BCUT2D eigenvalue weighted by atomic mass is 9.76. The van der Waals surface area contributed by atoms with E-state index in [0.717, 1.165) is 44.6 Å². The van der Waals surface area contributed by atoms with Gasteiger partial charge in [0.15, 0.2) is 0 Å². The molecule has 0 unspecified atom stereocenters. The molecule has 35 heavy (non-hydrogen) atoms. The Morgan fingerprint density at radius 3 is 2.34 bits per heavy atom. The Kier molecular flexibility index (Phi) is 9.81. The molecular formula is C29H40F2N2O2. The lowest BCUT2D eigenvalue weighted by Crippen LogP contribution is -2.53. The Bertz CT molecular complexity index is 953. The van der Waals surface area contributed by atoms with Crippen LogP contribution in [-0.4, -0.2) is 29.7 Å². The van der Waals surface area contributed by atoms with Gasteiger partial charge in [-0.3, -0.25) is 4.79 Å². The van der Waals surface area contributed by atoms with Gasteiger partial charge in [-0.1, -0.05) is 57.4 Å². The SMILES string of the molecule is CC(=O)N[C@@H](Cc1cc(F)cc(F)c1)[C@H](O)CNC1(c2cccc(CCC(C)C)c2)CCCCC1. The maximum absolute atomic E-state index is 13.7. The predicted molar refractivity (Wildman–Crippen MR) is 136 cm³/mol. The number of aliphatic hydroxyl groups is 1. The first-order valence-corrected chi connectivity index (χ1v) is 12.9. The van der Waals surface area contributed by atoms with Crippen molar-refractivity contribution in [2.75, 3.05) is 6.54 Å². The minimum Gasteiger partial charge on any atom is -0.390 e. The fourth-order valence-electron chi connectivity index (χ4n) is 5.17. The average molecular weight is 487 g/mol. The molecule has 3 N–H and O–H groups in total. The van der Waals surface area contributed by atoms with Crippen molar-refractivity contribution < 1.29 is 18.7 Å². The van der Waals surface area contributed by atoms with Crippen molar-refractivity contribution in [3.8, 4) is 0 Å². The molecule has 1 amide bonds. The third-order valence-corrected chi connectivity index (χ3v) is 7.08. The maximum atomic E-state index is 13.7. The highest BCUT2D eigenvalue weighted by Crippen LogP contribution is 2.37. The summed E-state index contributed by atoms with van der Waals surface area (Å²) in [5, 5.41) is 17.5. The van der Waals surface area contributed by atoms with E-state index in [-0.39, 0.29) is 24.4 Å². The zero-order chi connectivity index (χ0) is 25.4. The number of nitrogens with one attached hydrogen (secondary N) is 2. The molecule has 0 aliphatic heterocycles. The molecule has 1 fully saturated rings. The molecule has 0 spiro atoms. The molecule has 0 aromatic heterocycles. The van der Waals surface area contributed by atoms with E-state index in [1.54, 1.807) is 0 Å². The largest absolute Gasteiger partial charge is 0.390 e. The van der Waals surface area contributed by atoms with E-state index >= 15 is 0 Å². The summed E-state index contributed by atoms with van der Waals surface area (Å²) in [7, 11) is 0. The van der Waals surface area contributed by atoms with Gasteiger partial charge in [-0.05, 0) is 66.8 Å². The highest BCUT2D eigenvalue weighted by atomic mass is 19.1. The number of hydrogen-bond acceptors (Lipinski definition) is 3. The van der Waals surface area contributed by atoms with Crippen LogP contribution in [0.15, 0.2) is 42.5 Å². The smallest absolute Gasteiger partial charge is 0.217 e. The number of aliphatic hydroxyl groups excluding tert-OH is 1. The Labute approximate surface area is 208 Å². The molecule has 1 aliphatic carbocycles. The van der Waals surface area contributed by atoms with Crippen LogP contribution >= 0.6 is 0 Å². The van der Waals surface area contributed by atoms with E-state index < -0.39 is 23.8 Å². The summed E-state index contributed by atoms with van der Waals surface area (Å²) in [5.74, 6) is -0.996. The molecule has 0 heterocycles. The molecule has 1 saturated carbocycles. The Balaban J connectivity index is 1.76. The number of carbonyl (C=O) groups is 1. The zero-order valence-electron chi connectivity index (χ0n) is 21.2. The quantitative estimate of drug-likeness (QED) is 0.398. The van der Waals surface area contributed by atoms with Crippen molar-refractivity contribution >= 4 is 5.91 Å². The maximum Gasteiger partial charge on any atom is 0.217 e. The lowest BCUT2D eigenvalue weighted by Gasteiger charge is -2.40. The zero-order valence-corrected chi connectivity index (χ0v) is 21.2. The molecule has 0 radical (unpaired) electrons. The fourth-order valence-corrected chi connectivity index (χ4v) is 5.17. The van der Waals surface area contributed by atoms with Gasteiger partial charge in [0.05, 0.1) is 12.1 Å². The van der Waals surface area contributed by atoms with Gasteiger partial charge in [0.2, 0.25) is 5.91 Å². The Hall–Kier alpha value is -2.31. The standard InChI is InChI=1S/C29H40F2N2O2/c1-20(2)10-11-22-8-7-9-24(14-22)29(12-5-4-6-13-29)32-19-28(35)27(33-21(3)34)17-23-15-25(30)18-26(31)16-23/h7-9,14-16,18,20,27-28,32,35H,4-6,10-13,17,19H2,1-3H3,(H,33,34)/t27-,28+/m0/s1. The third kappa shape index (κ3) is 8.11. The first-order chi connectivity index (χ1) is 16.7. The van der Waals surface area contributed by atoms with E-state index in [0.29, 0.717) is 11.5 Å². The minimum absolute atomic E-state index is 0.134. The van der Waals surface area contributed by atoms with Crippen LogP contribution in [0.1, 0.15) is 76.0 Å². The number of benzene rings is 2. The van der Waals surface area contributed by atoms with Gasteiger partial charge in [0, 0.05) is 25.1 Å². The van der Waals surface area contributed by atoms with E-state index in [2.05, 4.69) is 48.7 Å². The minimum atomic E-state index is -0.923. The summed E-state index contributed by atoms with van der Waals surface area (Å²) in [4.78, 5) is 11.8. The molecule has 3 rings (SSSR count). The highest BCUT2D eigenvalue weighted by Gasteiger charge is 2.35. The number of halogens is 2. The molecule has 192 valence electrons. The molecule has 0 saturated heterocycles. The summed E-state index contributed by atoms with van der Waals surface area (Å²) >= 11 is 0. The van der Waals surface area contributed by atoms with Gasteiger partial charge in [-0.25, -0.2) is 8.78 Å². The average Bonchev–Trinajstić information content (AvgIpc) is 2.80. The van der Waals surface area contributed by atoms with Gasteiger partial charge in [0.1, 0.15) is 11.6 Å². The van der Waals surface area contributed by atoms with Gasteiger partial charge >= 0.3 is 0 Å². The second kappa shape index (κ2) is 12.6. The number of rotatable bonds is 11. The van der Waals surface area contributed by atoms with Crippen LogP contribution < -0.4 is 10.6 Å². The van der Waals surface area contributed by atoms with E-state index in [1.165, 1.54) is 36.6 Å². The highest BCUT2D eigenvalue weighted by molar-refractivity contribution is 5.73. The van der Waals surface area contributed by atoms with Crippen LogP contribution in [-0.2, 0) is 23.2 Å². The van der Waals surface area contributed by atoms with Crippen molar-refractivity contribution in [2.24, 2.45) is 5.92 Å². The van der Waals surface area contributed by atoms with Gasteiger partial charge < -0.3 is 15.7 Å². The Morgan fingerprint density at radius 2 is 1.71 bits per heavy atom. The summed E-state index contributed by atoms with van der Waals surface area (Å²) in [5.41, 5.74) is 2.73. The van der Waals surface area contributed by atoms with Crippen molar-refractivity contribution in [1.29, 1.82) is 0 Å². The molecule has 0 bridgehead atoms. The summed E-state index contributed by atoms with van der Waals surface area (Å²) in [6.45, 7) is 6.11. The number of hydrogen-bond donors (Lipinski definition) is 3. The molecule has 2 atom stereocenters. The fraction of sp³-hybridized carbons (Fsp3) is 0.552. The van der Waals surface area contributed by atoms with Gasteiger partial charge in [-0.2, -0.15) is 0 Å². The second-order valence-electron chi connectivity index (χ2n) is 10.5. The molecule has 4 nitrogen and oxygen atoms in total. The van der Waals surface area contributed by atoms with Crippen molar-refractivity contribution in [3.63, 3.8) is 0 Å². The monoisotopic (exact) mass is 486 g/mol. The second-order valence-corrected chi connectivity index (χ2v) is 10.5. The van der Waals surface area contributed by atoms with Crippen LogP contribution in [0.5, 0.6) is 0 Å². The lowest BCUT2D eigenvalue weighted by molar-refractivity contribution is -0.120. The van der Waals surface area contributed by atoms with E-state index in [4.69, 9.17) is 0 Å². The van der Waals surface area contributed by atoms with Crippen molar-refractivity contribution in [1.82, 2.24) is 10.6 Å². The van der Waals surface area contributed by atoms with Crippen LogP contribution in [0.2, 0.25) is 0 Å². The van der Waals surface area contributed by atoms with Gasteiger partial charge in [-0.15, -0.1) is 0 Å². The topological polar surface area (TPSA) is 61.4 Å². The molecule has 2 aromatic rings. The number of amides is 1. The molecule has 1 aliphatic rings. The first kappa shape index (κ1) is 27.3. The number of aryl methyl sites for hydroxylation is 1. The van der Waals surface area contributed by atoms with Crippen LogP contribution in [0.4, 0.5) is 8.78 Å². The summed E-state index contributed by atoms with van der Waals surface area (Å²) in [6.07, 6.45) is 6.76. The summed E-state index contributed by atoms with van der Waals surface area (Å²) < 4.78 is 27.4. The van der Waals surface area contributed by atoms with Crippen molar-refractivity contribution in [2.45, 2.75) is 89.8 Å². The molecule has 6 heteroatoms. The summed E-state index contributed by atoms with van der Waals surface area (Å²) in [6, 6.07) is 11.4. The predicted octanol–water partition coefficient (Wildman–Crippen LogP) is 5.41. The van der Waals surface area contributed by atoms with E-state index in [9.17, 15) is 18.7 Å². The van der Waals surface area contributed by atoms with Crippen LogP contribution in [0.25, 0.3) is 0 Å².